The lowest BCUT2D eigenvalue weighted by molar-refractivity contribution is -0.925. The number of likely N-dealkylation sites (N-methyl/N-ethyl adjacent to an activating group) is 1. The number of halogens is 1. The summed E-state index contributed by atoms with van der Waals surface area (Å²) in [6.45, 7) is 6.47. The van der Waals surface area contributed by atoms with Crippen LogP contribution >= 0.6 is 24.0 Å². The molecule has 0 aromatic heterocycles. The number of anilines is 1. The van der Waals surface area contributed by atoms with E-state index in [9.17, 15) is 14.4 Å². The highest BCUT2D eigenvalue weighted by Crippen LogP contribution is 2.25. The zero-order valence-corrected chi connectivity index (χ0v) is 19.4. The number of hydrogen-bond acceptors (Lipinski definition) is 4. The summed E-state index contributed by atoms with van der Waals surface area (Å²) >= 11 is 0. The number of methoxy groups -OCH3 is 1. The lowest BCUT2D eigenvalue weighted by Crippen LogP contribution is -2.59. The van der Waals surface area contributed by atoms with Gasteiger partial charge in [0.2, 0.25) is 5.91 Å². The van der Waals surface area contributed by atoms with E-state index in [-0.39, 0.29) is 48.3 Å². The van der Waals surface area contributed by atoms with Crippen molar-refractivity contribution in [3.8, 4) is 0 Å². The van der Waals surface area contributed by atoms with Crippen LogP contribution in [0.3, 0.4) is 0 Å². The van der Waals surface area contributed by atoms with E-state index in [0.29, 0.717) is 22.3 Å². The number of carbonyl (C=O) groups is 3. The highest BCUT2D eigenvalue weighted by Gasteiger charge is 2.38. The minimum atomic E-state index is -0.481. The van der Waals surface area contributed by atoms with Crippen molar-refractivity contribution in [1.29, 1.82) is 0 Å². The van der Waals surface area contributed by atoms with E-state index in [1.54, 1.807) is 19.2 Å². The summed E-state index contributed by atoms with van der Waals surface area (Å²) in [6.07, 6.45) is 1.77. The Morgan fingerprint density at radius 1 is 1.29 bits per heavy atom. The quantitative estimate of drug-likeness (QED) is 0.354. The molecule has 0 saturated carbocycles. The standard InChI is InChI=1S/C20H29N3O4.HI/c1-5-23(11-7-9-15(12-23)19(25)21-3)13-17(24)22-18-14(2)8-6-10-16(18)20(26)27-4;/h6,8,10,15H,5,7,9,11-13H2,1-4H3,(H-,21,22,24,25,26);1H/p+1. The van der Waals surface area contributed by atoms with Crippen LogP contribution in [-0.2, 0) is 14.3 Å². The third-order valence-corrected chi connectivity index (χ3v) is 5.50. The Balaban J connectivity index is 0.00000392. The van der Waals surface area contributed by atoms with E-state index in [1.807, 2.05) is 19.9 Å². The fraction of sp³-hybridized carbons (Fsp3) is 0.550. The van der Waals surface area contributed by atoms with Gasteiger partial charge in [-0.15, -0.1) is 24.0 Å². The number of aryl methyl sites for hydroxylation is 1. The van der Waals surface area contributed by atoms with Gasteiger partial charge in [0.25, 0.3) is 5.91 Å². The van der Waals surface area contributed by atoms with Crippen molar-refractivity contribution >= 4 is 47.4 Å². The molecular weight excluding hydrogens is 473 g/mol. The summed E-state index contributed by atoms with van der Waals surface area (Å²) in [5, 5.41) is 5.63. The summed E-state index contributed by atoms with van der Waals surface area (Å²) in [6, 6.07) is 5.24. The highest BCUT2D eigenvalue weighted by atomic mass is 127. The van der Waals surface area contributed by atoms with Crippen molar-refractivity contribution in [2.45, 2.75) is 26.7 Å². The molecule has 8 heteroatoms. The summed E-state index contributed by atoms with van der Waals surface area (Å²) in [5.41, 5.74) is 1.63. The van der Waals surface area contributed by atoms with Gasteiger partial charge in [0.15, 0.2) is 6.54 Å². The number of amides is 2. The number of esters is 1. The Kier molecular flexibility index (Phi) is 9.35. The molecule has 0 bridgehead atoms. The molecule has 0 radical (unpaired) electrons. The molecule has 0 aliphatic carbocycles. The molecule has 28 heavy (non-hydrogen) atoms. The molecule has 156 valence electrons. The second-order valence-corrected chi connectivity index (χ2v) is 7.21. The van der Waals surface area contributed by atoms with Crippen LogP contribution in [0.2, 0.25) is 0 Å². The van der Waals surface area contributed by atoms with Crippen LogP contribution in [0.1, 0.15) is 35.7 Å². The van der Waals surface area contributed by atoms with Crippen LogP contribution in [0.5, 0.6) is 0 Å². The molecule has 1 aliphatic rings. The first-order chi connectivity index (χ1) is 12.9. The molecule has 1 aromatic carbocycles. The summed E-state index contributed by atoms with van der Waals surface area (Å²) in [7, 11) is 2.97. The average Bonchev–Trinajstić information content (AvgIpc) is 2.68. The van der Waals surface area contributed by atoms with Crippen LogP contribution < -0.4 is 10.6 Å². The van der Waals surface area contributed by atoms with Crippen molar-refractivity contribution in [3.05, 3.63) is 29.3 Å². The predicted molar refractivity (Wildman–Crippen MR) is 119 cm³/mol. The highest BCUT2D eigenvalue weighted by molar-refractivity contribution is 14.0. The Labute approximate surface area is 183 Å². The number of benzene rings is 1. The molecule has 2 amide bonds. The topological polar surface area (TPSA) is 84.5 Å². The molecular formula is C20H31IN3O4+. The number of piperidine rings is 1. The van der Waals surface area contributed by atoms with E-state index in [0.717, 1.165) is 31.5 Å². The third-order valence-electron chi connectivity index (χ3n) is 5.50. The average molecular weight is 504 g/mol. The maximum atomic E-state index is 12.8. The molecule has 2 atom stereocenters. The molecule has 1 aliphatic heterocycles. The normalized spacial score (nSPS) is 21.2. The molecule has 1 saturated heterocycles. The Morgan fingerprint density at radius 2 is 2.00 bits per heavy atom. The monoisotopic (exact) mass is 504 g/mol. The number of para-hydroxylation sites is 1. The van der Waals surface area contributed by atoms with Gasteiger partial charge in [0.1, 0.15) is 0 Å². The predicted octanol–water partition coefficient (Wildman–Crippen LogP) is 2.33. The number of rotatable bonds is 6. The van der Waals surface area contributed by atoms with Gasteiger partial charge in [-0.3, -0.25) is 9.59 Å². The first-order valence-electron chi connectivity index (χ1n) is 9.40. The molecule has 0 spiro atoms. The van der Waals surface area contributed by atoms with Crippen molar-refractivity contribution in [3.63, 3.8) is 0 Å². The van der Waals surface area contributed by atoms with Crippen molar-refractivity contribution in [2.75, 3.05) is 45.7 Å². The number of hydrogen-bond donors (Lipinski definition) is 2. The summed E-state index contributed by atoms with van der Waals surface area (Å²) < 4.78 is 5.39. The van der Waals surface area contributed by atoms with Gasteiger partial charge in [-0.2, -0.15) is 0 Å². The Morgan fingerprint density at radius 3 is 2.61 bits per heavy atom. The van der Waals surface area contributed by atoms with Crippen LogP contribution in [0, 0.1) is 12.8 Å². The van der Waals surface area contributed by atoms with Gasteiger partial charge in [-0.25, -0.2) is 4.79 Å². The Hall–Kier alpha value is -1.68. The molecule has 7 nitrogen and oxygen atoms in total. The first kappa shape index (κ1) is 24.4. The van der Waals surface area contributed by atoms with Crippen LogP contribution in [0.25, 0.3) is 0 Å². The molecule has 2 rings (SSSR count). The number of nitrogens with zero attached hydrogens (tertiary/aromatic N) is 1. The zero-order valence-electron chi connectivity index (χ0n) is 17.0. The van der Waals surface area contributed by atoms with Crippen LogP contribution in [0.4, 0.5) is 5.69 Å². The molecule has 1 aromatic rings. The number of carbonyl (C=O) groups excluding carboxylic acids is 3. The smallest absolute Gasteiger partial charge is 0.339 e. The fourth-order valence-corrected chi connectivity index (χ4v) is 3.88. The second kappa shape index (κ2) is 10.8. The minimum absolute atomic E-state index is 0. The van der Waals surface area contributed by atoms with Gasteiger partial charge < -0.3 is 19.9 Å². The lowest BCUT2D eigenvalue weighted by atomic mass is 9.94. The zero-order chi connectivity index (χ0) is 20.0. The van der Waals surface area contributed by atoms with Gasteiger partial charge in [0.05, 0.1) is 43.9 Å². The maximum Gasteiger partial charge on any atom is 0.339 e. The van der Waals surface area contributed by atoms with E-state index in [4.69, 9.17) is 4.74 Å². The van der Waals surface area contributed by atoms with Crippen molar-refractivity contribution in [1.82, 2.24) is 5.32 Å². The number of likely N-dealkylation sites (tertiary alicyclic amines) is 1. The van der Waals surface area contributed by atoms with Gasteiger partial charge in [-0.1, -0.05) is 12.1 Å². The summed E-state index contributed by atoms with van der Waals surface area (Å²) in [4.78, 5) is 36.9. The fourth-order valence-electron chi connectivity index (χ4n) is 3.88. The Bertz CT molecular complexity index is 725. The van der Waals surface area contributed by atoms with E-state index < -0.39 is 5.97 Å². The molecule has 2 unspecified atom stereocenters. The molecule has 1 fully saturated rings. The van der Waals surface area contributed by atoms with E-state index in [1.165, 1.54) is 7.11 Å². The maximum absolute atomic E-state index is 12.8. The number of quaternary nitrogens is 1. The van der Waals surface area contributed by atoms with Gasteiger partial charge >= 0.3 is 5.97 Å². The van der Waals surface area contributed by atoms with Crippen molar-refractivity contribution < 1.29 is 23.6 Å². The largest absolute Gasteiger partial charge is 0.465 e. The van der Waals surface area contributed by atoms with Crippen molar-refractivity contribution in [2.24, 2.45) is 5.92 Å². The second-order valence-electron chi connectivity index (χ2n) is 7.21. The molecule has 2 N–H and O–H groups in total. The number of ether oxygens (including phenoxy) is 1. The third kappa shape index (κ3) is 5.66. The number of nitrogens with one attached hydrogen (secondary N) is 2. The van der Waals surface area contributed by atoms with Gasteiger partial charge in [0, 0.05) is 7.05 Å². The van der Waals surface area contributed by atoms with E-state index >= 15 is 0 Å². The van der Waals surface area contributed by atoms with Crippen LogP contribution in [0.15, 0.2) is 18.2 Å². The van der Waals surface area contributed by atoms with Crippen LogP contribution in [-0.4, -0.2) is 62.6 Å². The lowest BCUT2D eigenvalue weighted by Gasteiger charge is -2.42. The van der Waals surface area contributed by atoms with E-state index in [2.05, 4.69) is 10.6 Å². The summed E-state index contributed by atoms with van der Waals surface area (Å²) in [5.74, 6) is -0.668. The minimum Gasteiger partial charge on any atom is -0.465 e. The SMILES string of the molecule is CC[N+]1(CC(=O)Nc2c(C)cccc2C(=O)OC)CCCC(C(=O)NC)C1.I. The van der Waals surface area contributed by atoms with Gasteiger partial charge in [-0.05, 0) is 38.3 Å². The first-order valence-corrected chi connectivity index (χ1v) is 9.40. The molecule has 1 heterocycles.